The summed E-state index contributed by atoms with van der Waals surface area (Å²) < 4.78 is 64.3. The van der Waals surface area contributed by atoms with Gasteiger partial charge in [0.1, 0.15) is 5.75 Å². The van der Waals surface area contributed by atoms with Gasteiger partial charge in [0.15, 0.2) is 9.84 Å². The molecule has 0 atom stereocenters. The van der Waals surface area contributed by atoms with Gasteiger partial charge < -0.3 is 10.5 Å². The number of benzene rings is 2. The summed E-state index contributed by atoms with van der Waals surface area (Å²) in [6, 6.07) is 9.89. The molecule has 0 heterocycles. The van der Waals surface area contributed by atoms with Crippen molar-refractivity contribution < 1.29 is 26.3 Å². The van der Waals surface area contributed by atoms with Gasteiger partial charge in [0.2, 0.25) is 0 Å². The van der Waals surface area contributed by atoms with Gasteiger partial charge in [0, 0.05) is 12.8 Å². The molecule has 23 heavy (non-hydrogen) atoms. The predicted molar refractivity (Wildman–Crippen MR) is 79.6 cm³/mol. The smallest absolute Gasteiger partial charge is 0.406 e. The quantitative estimate of drug-likeness (QED) is 0.924. The van der Waals surface area contributed by atoms with E-state index in [0.29, 0.717) is 16.7 Å². The molecule has 2 rings (SSSR count). The molecule has 0 saturated heterocycles. The molecule has 0 aliphatic rings. The Hall–Kier alpha value is -2.06. The van der Waals surface area contributed by atoms with Crippen LogP contribution < -0.4 is 10.5 Å². The number of rotatable bonds is 4. The van der Waals surface area contributed by atoms with Gasteiger partial charge in [-0.25, -0.2) is 8.42 Å². The summed E-state index contributed by atoms with van der Waals surface area (Å²) in [5, 5.41) is 0. The van der Waals surface area contributed by atoms with Crippen molar-refractivity contribution >= 4 is 9.84 Å². The Bertz CT molecular complexity index is 817. The maximum absolute atomic E-state index is 12.4. The molecule has 2 N–H and O–H groups in total. The highest BCUT2D eigenvalue weighted by molar-refractivity contribution is 7.90. The van der Waals surface area contributed by atoms with Crippen LogP contribution in [0.2, 0.25) is 0 Å². The first-order chi connectivity index (χ1) is 10.6. The van der Waals surface area contributed by atoms with Gasteiger partial charge in [-0.2, -0.15) is 0 Å². The van der Waals surface area contributed by atoms with Crippen molar-refractivity contribution in [2.24, 2.45) is 5.73 Å². The standard InChI is InChI=1S/C15H14F3NO3S/c1-23(20,21)14-4-2-3-11(8-14)12-5-10(9-19)6-13(7-12)22-15(16,17)18/h2-8H,9,19H2,1H3. The number of alkyl halides is 3. The molecule has 2 aromatic carbocycles. The topological polar surface area (TPSA) is 69.4 Å². The van der Waals surface area contributed by atoms with Crippen LogP contribution in [-0.2, 0) is 16.4 Å². The van der Waals surface area contributed by atoms with Gasteiger partial charge in [-0.15, -0.1) is 13.2 Å². The van der Waals surface area contributed by atoms with Gasteiger partial charge in [-0.05, 0) is 47.0 Å². The molecule has 0 bridgehead atoms. The third-order valence-electron chi connectivity index (χ3n) is 3.03. The van der Waals surface area contributed by atoms with Crippen molar-refractivity contribution in [2.75, 3.05) is 6.26 Å². The van der Waals surface area contributed by atoms with Gasteiger partial charge >= 0.3 is 6.36 Å². The Balaban J connectivity index is 2.53. The fourth-order valence-electron chi connectivity index (χ4n) is 2.04. The predicted octanol–water partition coefficient (Wildman–Crippen LogP) is 3.11. The Morgan fingerprint density at radius 3 is 2.35 bits per heavy atom. The second-order valence-corrected chi connectivity index (χ2v) is 6.93. The number of hydrogen-bond acceptors (Lipinski definition) is 4. The number of sulfone groups is 1. The second-order valence-electron chi connectivity index (χ2n) is 4.92. The number of nitrogens with two attached hydrogens (primary N) is 1. The highest BCUT2D eigenvalue weighted by Crippen LogP contribution is 2.30. The average Bonchev–Trinajstić information content (AvgIpc) is 2.44. The molecule has 0 fully saturated rings. The normalized spacial score (nSPS) is 12.2. The SMILES string of the molecule is CS(=O)(=O)c1cccc(-c2cc(CN)cc(OC(F)(F)F)c2)c1. The van der Waals surface area contributed by atoms with Crippen LogP contribution in [-0.4, -0.2) is 21.0 Å². The van der Waals surface area contributed by atoms with Crippen LogP contribution in [0.5, 0.6) is 5.75 Å². The summed E-state index contributed by atoms with van der Waals surface area (Å²) in [7, 11) is -3.42. The highest BCUT2D eigenvalue weighted by atomic mass is 32.2. The number of halogens is 3. The fraction of sp³-hybridized carbons (Fsp3) is 0.200. The maximum Gasteiger partial charge on any atom is 0.573 e. The monoisotopic (exact) mass is 345 g/mol. The minimum atomic E-state index is -4.82. The third-order valence-corrected chi connectivity index (χ3v) is 4.14. The van der Waals surface area contributed by atoms with E-state index in [2.05, 4.69) is 4.74 Å². The van der Waals surface area contributed by atoms with E-state index < -0.39 is 21.9 Å². The molecular weight excluding hydrogens is 331 g/mol. The molecule has 4 nitrogen and oxygen atoms in total. The molecule has 0 aliphatic heterocycles. The Labute approximate surface area is 131 Å². The van der Waals surface area contributed by atoms with Crippen LogP contribution in [0.4, 0.5) is 13.2 Å². The van der Waals surface area contributed by atoms with E-state index in [9.17, 15) is 21.6 Å². The van der Waals surface area contributed by atoms with Gasteiger partial charge in [-0.3, -0.25) is 0 Å². The minimum absolute atomic E-state index is 0.0217. The van der Waals surface area contributed by atoms with Gasteiger partial charge in [0.05, 0.1) is 4.90 Å². The summed E-state index contributed by atoms with van der Waals surface area (Å²) in [5.41, 5.74) is 6.77. The summed E-state index contributed by atoms with van der Waals surface area (Å²) in [4.78, 5) is 0.0754. The molecule has 0 spiro atoms. The lowest BCUT2D eigenvalue weighted by Crippen LogP contribution is -2.17. The lowest BCUT2D eigenvalue weighted by atomic mass is 10.0. The molecule has 0 aliphatic carbocycles. The third kappa shape index (κ3) is 4.70. The zero-order chi connectivity index (χ0) is 17.3. The van der Waals surface area contributed by atoms with Crippen LogP contribution in [0.25, 0.3) is 11.1 Å². The van der Waals surface area contributed by atoms with Crippen molar-refractivity contribution in [1.82, 2.24) is 0 Å². The molecular formula is C15H14F3NO3S. The van der Waals surface area contributed by atoms with Gasteiger partial charge in [0.25, 0.3) is 0 Å². The van der Waals surface area contributed by atoms with Crippen molar-refractivity contribution in [1.29, 1.82) is 0 Å². The lowest BCUT2D eigenvalue weighted by Gasteiger charge is -2.13. The van der Waals surface area contributed by atoms with Crippen LogP contribution in [0.3, 0.4) is 0 Å². The Kier molecular flexibility index (Phi) is 4.67. The summed E-state index contributed by atoms with van der Waals surface area (Å²) in [6.07, 6.45) is -3.76. The van der Waals surface area contributed by atoms with E-state index in [-0.39, 0.29) is 11.4 Å². The van der Waals surface area contributed by atoms with Crippen LogP contribution in [0.1, 0.15) is 5.56 Å². The van der Waals surface area contributed by atoms with Crippen molar-refractivity contribution in [3.8, 4) is 16.9 Å². The summed E-state index contributed by atoms with van der Waals surface area (Å²) in [5.74, 6) is -0.403. The molecule has 0 amide bonds. The van der Waals surface area contributed by atoms with E-state index in [1.165, 1.54) is 30.3 Å². The molecule has 0 unspecified atom stereocenters. The van der Waals surface area contributed by atoms with E-state index in [1.54, 1.807) is 12.1 Å². The Morgan fingerprint density at radius 1 is 1.09 bits per heavy atom. The van der Waals surface area contributed by atoms with Crippen LogP contribution in [0, 0.1) is 0 Å². The van der Waals surface area contributed by atoms with Crippen molar-refractivity contribution in [2.45, 2.75) is 17.8 Å². The summed E-state index contributed by atoms with van der Waals surface area (Å²) >= 11 is 0. The van der Waals surface area contributed by atoms with Crippen LogP contribution >= 0.6 is 0 Å². The molecule has 124 valence electrons. The number of ether oxygens (including phenoxy) is 1. The highest BCUT2D eigenvalue weighted by Gasteiger charge is 2.31. The van der Waals surface area contributed by atoms with E-state index in [4.69, 9.17) is 5.73 Å². The van der Waals surface area contributed by atoms with Gasteiger partial charge in [-0.1, -0.05) is 12.1 Å². The van der Waals surface area contributed by atoms with E-state index in [1.807, 2.05) is 0 Å². The molecule has 8 heteroatoms. The molecule has 0 radical (unpaired) electrons. The van der Waals surface area contributed by atoms with E-state index >= 15 is 0 Å². The largest absolute Gasteiger partial charge is 0.573 e. The molecule has 2 aromatic rings. The first kappa shape index (κ1) is 17.3. The lowest BCUT2D eigenvalue weighted by molar-refractivity contribution is -0.274. The van der Waals surface area contributed by atoms with Crippen LogP contribution in [0.15, 0.2) is 47.4 Å². The first-order valence-corrected chi connectivity index (χ1v) is 8.38. The first-order valence-electron chi connectivity index (χ1n) is 6.49. The van der Waals surface area contributed by atoms with Crippen molar-refractivity contribution in [3.63, 3.8) is 0 Å². The average molecular weight is 345 g/mol. The Morgan fingerprint density at radius 2 is 1.78 bits per heavy atom. The molecule has 0 aromatic heterocycles. The van der Waals surface area contributed by atoms with Crippen molar-refractivity contribution in [3.05, 3.63) is 48.0 Å². The fourth-order valence-corrected chi connectivity index (χ4v) is 2.71. The minimum Gasteiger partial charge on any atom is -0.406 e. The summed E-state index contributed by atoms with van der Waals surface area (Å²) in [6.45, 7) is 0.0217. The number of hydrogen-bond donors (Lipinski definition) is 1. The molecule has 0 saturated carbocycles. The zero-order valence-corrected chi connectivity index (χ0v) is 12.9. The second kappa shape index (κ2) is 6.21. The zero-order valence-electron chi connectivity index (χ0n) is 12.1. The maximum atomic E-state index is 12.4. The van der Waals surface area contributed by atoms with E-state index in [0.717, 1.165) is 6.26 Å².